The van der Waals surface area contributed by atoms with Crippen LogP contribution in [0.4, 0.5) is 5.69 Å². The van der Waals surface area contributed by atoms with Gasteiger partial charge in [0.2, 0.25) is 5.96 Å². The number of anilines is 1. The number of rotatable bonds is 7. The minimum atomic E-state index is -0.220. The molecule has 0 aliphatic carbocycles. The van der Waals surface area contributed by atoms with Gasteiger partial charge in [0.25, 0.3) is 5.91 Å². The molecule has 1 aromatic heterocycles. The lowest BCUT2D eigenvalue weighted by Crippen LogP contribution is -2.36. The van der Waals surface area contributed by atoms with Crippen molar-refractivity contribution < 1.29 is 9.53 Å². The third kappa shape index (κ3) is 5.75. The first kappa shape index (κ1) is 23.1. The Hall–Kier alpha value is -3.61. The van der Waals surface area contributed by atoms with Crippen LogP contribution >= 0.6 is 0 Å². The maximum atomic E-state index is 12.9. The number of carbonyl (C=O) groups is 1. The van der Waals surface area contributed by atoms with Crippen molar-refractivity contribution in [3.05, 3.63) is 76.6 Å². The highest BCUT2D eigenvalue weighted by molar-refractivity contribution is 6.10. The number of aryl methyl sites for hydroxylation is 3. The minimum absolute atomic E-state index is 0.220. The Morgan fingerprint density at radius 1 is 1.12 bits per heavy atom. The van der Waals surface area contributed by atoms with E-state index in [1.54, 1.807) is 6.07 Å². The molecule has 0 saturated heterocycles. The van der Waals surface area contributed by atoms with Gasteiger partial charge in [-0.05, 0) is 63.9 Å². The normalized spacial score (nSPS) is 11.3. The van der Waals surface area contributed by atoms with E-state index in [1.807, 2.05) is 75.0 Å². The van der Waals surface area contributed by atoms with E-state index in [2.05, 4.69) is 27.6 Å². The fraction of sp³-hybridized carbons (Fsp3) is 0.320. The Morgan fingerprint density at radius 2 is 1.91 bits per heavy atom. The SMILES string of the molecule is CCOc1ccccc1NC(=NCCc1c(C)nn(C)c1C)NC(=O)c1cccc(C)c1. The number of benzene rings is 2. The topological polar surface area (TPSA) is 80.5 Å². The van der Waals surface area contributed by atoms with Gasteiger partial charge < -0.3 is 10.1 Å². The molecule has 0 atom stereocenters. The van der Waals surface area contributed by atoms with Gasteiger partial charge in [0, 0.05) is 24.8 Å². The van der Waals surface area contributed by atoms with E-state index in [4.69, 9.17) is 4.74 Å². The molecule has 0 saturated carbocycles. The summed E-state index contributed by atoms with van der Waals surface area (Å²) in [5.74, 6) is 0.858. The number of hydrogen-bond acceptors (Lipinski definition) is 4. The number of hydrogen-bond donors (Lipinski definition) is 2. The molecule has 1 amide bonds. The molecule has 0 aliphatic rings. The fourth-order valence-electron chi connectivity index (χ4n) is 3.51. The van der Waals surface area contributed by atoms with Crippen LogP contribution in [0.25, 0.3) is 0 Å². The number of carbonyl (C=O) groups excluding carboxylic acids is 1. The Bertz CT molecular complexity index is 1120. The second kappa shape index (κ2) is 10.6. The van der Waals surface area contributed by atoms with Gasteiger partial charge in [-0.1, -0.05) is 29.8 Å². The Balaban J connectivity index is 1.83. The third-order valence-corrected chi connectivity index (χ3v) is 5.24. The van der Waals surface area contributed by atoms with Crippen LogP contribution in [0.3, 0.4) is 0 Å². The van der Waals surface area contributed by atoms with Crippen molar-refractivity contribution in [1.82, 2.24) is 15.1 Å². The Morgan fingerprint density at radius 3 is 2.59 bits per heavy atom. The number of guanidine groups is 1. The Kier molecular flexibility index (Phi) is 7.65. The molecule has 0 fully saturated rings. The number of aromatic nitrogens is 2. The zero-order valence-electron chi connectivity index (χ0n) is 19.4. The highest BCUT2D eigenvalue weighted by atomic mass is 16.5. The first-order chi connectivity index (χ1) is 15.4. The largest absolute Gasteiger partial charge is 0.492 e. The summed E-state index contributed by atoms with van der Waals surface area (Å²) in [6.45, 7) is 8.99. The molecule has 7 nitrogen and oxygen atoms in total. The van der Waals surface area contributed by atoms with E-state index in [9.17, 15) is 4.79 Å². The summed E-state index contributed by atoms with van der Waals surface area (Å²) in [6.07, 6.45) is 0.726. The molecule has 0 spiro atoms. The van der Waals surface area contributed by atoms with E-state index < -0.39 is 0 Å². The van der Waals surface area contributed by atoms with E-state index in [0.717, 1.165) is 29.1 Å². The molecule has 3 rings (SSSR count). The van der Waals surface area contributed by atoms with Crippen molar-refractivity contribution in [3.63, 3.8) is 0 Å². The van der Waals surface area contributed by atoms with Crippen LogP contribution in [0.2, 0.25) is 0 Å². The van der Waals surface area contributed by atoms with E-state index in [0.29, 0.717) is 30.4 Å². The number of para-hydroxylation sites is 2. The minimum Gasteiger partial charge on any atom is -0.492 e. The molecule has 2 aromatic carbocycles. The number of aliphatic imine (C=N–C) groups is 1. The van der Waals surface area contributed by atoms with Crippen molar-refractivity contribution in [2.24, 2.45) is 12.0 Å². The van der Waals surface area contributed by atoms with E-state index in [1.165, 1.54) is 5.56 Å². The molecule has 1 heterocycles. The zero-order chi connectivity index (χ0) is 23.1. The lowest BCUT2D eigenvalue weighted by molar-refractivity contribution is 0.0977. The van der Waals surface area contributed by atoms with Crippen molar-refractivity contribution in [2.75, 3.05) is 18.5 Å². The van der Waals surface area contributed by atoms with Gasteiger partial charge in [-0.2, -0.15) is 5.10 Å². The van der Waals surface area contributed by atoms with Crippen molar-refractivity contribution in [1.29, 1.82) is 0 Å². The summed E-state index contributed by atoms with van der Waals surface area (Å²) in [4.78, 5) is 17.6. The third-order valence-electron chi connectivity index (χ3n) is 5.24. The maximum absolute atomic E-state index is 12.9. The van der Waals surface area contributed by atoms with Crippen molar-refractivity contribution in [3.8, 4) is 5.75 Å². The van der Waals surface area contributed by atoms with Gasteiger partial charge >= 0.3 is 0 Å². The molecule has 7 heteroatoms. The first-order valence-electron chi connectivity index (χ1n) is 10.8. The lowest BCUT2D eigenvalue weighted by Gasteiger charge is -2.15. The van der Waals surface area contributed by atoms with Crippen LogP contribution in [0.15, 0.2) is 53.5 Å². The van der Waals surface area contributed by atoms with Crippen molar-refractivity contribution >= 4 is 17.6 Å². The molecule has 2 N–H and O–H groups in total. The summed E-state index contributed by atoms with van der Waals surface area (Å²) in [6, 6.07) is 15.1. The van der Waals surface area contributed by atoms with Gasteiger partial charge in [-0.15, -0.1) is 0 Å². The van der Waals surface area contributed by atoms with E-state index in [-0.39, 0.29) is 5.91 Å². The molecule has 0 bridgehead atoms. The van der Waals surface area contributed by atoms with Gasteiger partial charge in [0.05, 0.1) is 18.0 Å². The number of nitrogens with one attached hydrogen (secondary N) is 2. The molecule has 32 heavy (non-hydrogen) atoms. The van der Waals surface area contributed by atoms with Crippen LogP contribution in [0, 0.1) is 20.8 Å². The average Bonchev–Trinajstić information content (AvgIpc) is 3.01. The number of ether oxygens (including phenoxy) is 1. The molecule has 0 radical (unpaired) electrons. The number of amides is 1. The lowest BCUT2D eigenvalue weighted by atomic mass is 10.1. The van der Waals surface area contributed by atoms with Crippen LogP contribution in [0.1, 0.15) is 39.8 Å². The highest BCUT2D eigenvalue weighted by Crippen LogP contribution is 2.23. The van der Waals surface area contributed by atoms with E-state index >= 15 is 0 Å². The number of nitrogens with zero attached hydrogens (tertiary/aromatic N) is 3. The molecule has 0 aliphatic heterocycles. The van der Waals surface area contributed by atoms with Gasteiger partial charge in [-0.3, -0.25) is 19.8 Å². The van der Waals surface area contributed by atoms with Gasteiger partial charge in [0.1, 0.15) is 5.75 Å². The summed E-state index contributed by atoms with van der Waals surface area (Å²) in [5.41, 5.74) is 5.64. The summed E-state index contributed by atoms with van der Waals surface area (Å²) >= 11 is 0. The second-order valence-corrected chi connectivity index (χ2v) is 7.63. The smallest absolute Gasteiger partial charge is 0.257 e. The van der Waals surface area contributed by atoms with Gasteiger partial charge in [0.15, 0.2) is 0 Å². The predicted octanol–water partition coefficient (Wildman–Crippen LogP) is 4.18. The average molecular weight is 434 g/mol. The van der Waals surface area contributed by atoms with Crippen LogP contribution in [-0.4, -0.2) is 34.8 Å². The van der Waals surface area contributed by atoms with Crippen LogP contribution < -0.4 is 15.4 Å². The molecular weight excluding hydrogens is 402 g/mol. The molecule has 168 valence electrons. The summed E-state index contributed by atoms with van der Waals surface area (Å²) in [5, 5.41) is 10.6. The zero-order valence-corrected chi connectivity index (χ0v) is 19.4. The summed E-state index contributed by atoms with van der Waals surface area (Å²) < 4.78 is 7.59. The first-order valence-corrected chi connectivity index (χ1v) is 10.8. The van der Waals surface area contributed by atoms with Gasteiger partial charge in [-0.25, -0.2) is 0 Å². The van der Waals surface area contributed by atoms with Crippen molar-refractivity contribution in [2.45, 2.75) is 34.1 Å². The maximum Gasteiger partial charge on any atom is 0.257 e. The predicted molar refractivity (Wildman–Crippen MR) is 129 cm³/mol. The van der Waals surface area contributed by atoms with Crippen LogP contribution in [-0.2, 0) is 13.5 Å². The quantitative estimate of drug-likeness (QED) is 0.433. The second-order valence-electron chi connectivity index (χ2n) is 7.63. The highest BCUT2D eigenvalue weighted by Gasteiger charge is 2.13. The molecule has 0 unspecified atom stereocenters. The Labute approximate surface area is 189 Å². The summed E-state index contributed by atoms with van der Waals surface area (Å²) in [7, 11) is 1.94. The van der Waals surface area contributed by atoms with Crippen LogP contribution in [0.5, 0.6) is 5.75 Å². The standard InChI is InChI=1S/C25H31N5O2/c1-6-32-23-13-8-7-12-22(23)27-25(28-24(31)20-11-9-10-17(2)16-20)26-15-14-21-18(3)29-30(5)19(21)4/h7-13,16H,6,14-15H2,1-5H3,(H2,26,27,28,31). The monoisotopic (exact) mass is 433 g/mol. The molecular formula is C25H31N5O2. The fourth-order valence-corrected chi connectivity index (χ4v) is 3.51. The molecule has 3 aromatic rings.